The molecular formula is C59H61N3O12. The van der Waals surface area contributed by atoms with Gasteiger partial charge >= 0.3 is 12.1 Å². The zero-order valence-corrected chi connectivity index (χ0v) is 41.9. The van der Waals surface area contributed by atoms with E-state index < -0.39 is 65.0 Å². The molecule has 3 fully saturated rings. The van der Waals surface area contributed by atoms with Gasteiger partial charge in [-0.2, -0.15) is 0 Å². The van der Waals surface area contributed by atoms with E-state index in [0.29, 0.717) is 53.2 Å². The highest BCUT2D eigenvalue weighted by Gasteiger charge is 2.76. The van der Waals surface area contributed by atoms with Crippen LogP contribution in [0.3, 0.4) is 0 Å². The Morgan fingerprint density at radius 3 is 2.14 bits per heavy atom. The molecule has 0 radical (unpaired) electrons. The summed E-state index contributed by atoms with van der Waals surface area (Å²) in [6.45, 7) is -0.134. The van der Waals surface area contributed by atoms with Crippen LogP contribution in [-0.2, 0) is 47.0 Å². The van der Waals surface area contributed by atoms with Crippen molar-refractivity contribution in [3.05, 3.63) is 154 Å². The van der Waals surface area contributed by atoms with E-state index in [9.17, 15) is 15.0 Å². The van der Waals surface area contributed by atoms with E-state index in [1.54, 1.807) is 55.5 Å². The van der Waals surface area contributed by atoms with Crippen LogP contribution in [0.5, 0.6) is 17.2 Å². The molecule has 10 rings (SSSR count). The summed E-state index contributed by atoms with van der Waals surface area (Å²) in [5.41, 5.74) is 1.15. The van der Waals surface area contributed by atoms with Gasteiger partial charge < -0.3 is 43.5 Å². The number of hydrogen-bond acceptors (Lipinski definition) is 13. The van der Waals surface area contributed by atoms with E-state index in [1.165, 1.54) is 7.11 Å². The summed E-state index contributed by atoms with van der Waals surface area (Å²) < 4.78 is 35.2. The van der Waals surface area contributed by atoms with Gasteiger partial charge in [0.05, 0.1) is 51.1 Å². The van der Waals surface area contributed by atoms with Crippen molar-refractivity contribution in [2.24, 2.45) is 5.92 Å². The third-order valence-electron chi connectivity index (χ3n) is 15.4. The molecule has 5 aromatic carbocycles. The number of fused-ring (bicyclic) bond motifs is 4. The Morgan fingerprint density at radius 2 is 1.45 bits per heavy atom. The third kappa shape index (κ3) is 9.04. The molecule has 2 N–H and O–H groups in total. The molecule has 4 heterocycles. The standard InChI is InChI=1S/C59H61N3O12/c1-69-31-32-73-57(67)61-46-22-21-38(23-27-58(68)25-12-4-5-13-26-58)33-45(46)59(56(61)66)49(54(64)60-28-24-41-35-47(70-2)48(71-3)36-43(41)37-60)51-55(65)74-52(40-17-10-7-11-18-40)50(39-15-8-6-9-16-39)62(51)53(59)42-19-14-20-44(34-42)72-30-29-63/h6-11,14-22,33-36,49-53,63,68H,4-5,12-13,24-26,28-32,37H2,1-3H3/t49-,50-,51-,52+,53+,59-/m0/s1. The maximum absolute atomic E-state index is 16.8. The normalized spacial score (nSPS) is 23.9. The second-order valence-electron chi connectivity index (χ2n) is 19.6. The number of ether oxygens (including phenoxy) is 6. The number of benzene rings is 5. The summed E-state index contributed by atoms with van der Waals surface area (Å²) in [5, 5.41) is 21.7. The molecular weight excluding hydrogens is 943 g/mol. The van der Waals surface area contributed by atoms with Gasteiger partial charge in [0.25, 0.3) is 0 Å². The quantitative estimate of drug-likeness (QED) is 0.0544. The number of amides is 3. The summed E-state index contributed by atoms with van der Waals surface area (Å²) in [5.74, 6) is 4.23. The van der Waals surface area contributed by atoms with Crippen LogP contribution >= 0.6 is 0 Å². The van der Waals surface area contributed by atoms with E-state index in [0.717, 1.165) is 47.3 Å². The van der Waals surface area contributed by atoms with E-state index in [1.807, 2.05) is 83.8 Å². The second-order valence-corrected chi connectivity index (χ2v) is 19.6. The van der Waals surface area contributed by atoms with Crippen LogP contribution in [0.25, 0.3) is 0 Å². The molecule has 3 amide bonds. The number of aliphatic hydroxyl groups excluding tert-OH is 1. The number of carbonyl (C=O) groups is 4. The second kappa shape index (κ2) is 21.3. The molecule has 2 saturated heterocycles. The lowest BCUT2D eigenvalue weighted by Gasteiger charge is -2.46. The molecule has 0 bridgehead atoms. The molecule has 384 valence electrons. The first-order valence-electron chi connectivity index (χ1n) is 25.4. The molecule has 5 aromatic rings. The summed E-state index contributed by atoms with van der Waals surface area (Å²) in [4.78, 5) is 68.5. The Kier molecular flexibility index (Phi) is 14.5. The Labute approximate surface area is 430 Å². The molecule has 74 heavy (non-hydrogen) atoms. The number of rotatable bonds is 12. The minimum atomic E-state index is -2.10. The number of cyclic esters (lactones) is 1. The largest absolute Gasteiger partial charge is 0.493 e. The van der Waals surface area contributed by atoms with Gasteiger partial charge in [0, 0.05) is 25.8 Å². The maximum Gasteiger partial charge on any atom is 0.421 e. The van der Waals surface area contributed by atoms with Crippen molar-refractivity contribution in [2.45, 2.75) is 86.7 Å². The van der Waals surface area contributed by atoms with Crippen LogP contribution in [-0.4, -0.2) is 110 Å². The summed E-state index contributed by atoms with van der Waals surface area (Å²) >= 11 is 0. The minimum Gasteiger partial charge on any atom is -0.493 e. The lowest BCUT2D eigenvalue weighted by atomic mass is 9.64. The molecule has 15 nitrogen and oxygen atoms in total. The molecule has 0 unspecified atom stereocenters. The van der Waals surface area contributed by atoms with Gasteiger partial charge in [0.15, 0.2) is 11.5 Å². The van der Waals surface area contributed by atoms with Gasteiger partial charge in [-0.15, -0.1) is 0 Å². The number of aliphatic hydroxyl groups is 2. The van der Waals surface area contributed by atoms with Gasteiger partial charge in [0.2, 0.25) is 11.8 Å². The zero-order chi connectivity index (χ0) is 51.6. The first kappa shape index (κ1) is 50.3. The summed E-state index contributed by atoms with van der Waals surface area (Å²) in [6.07, 6.45) is 3.10. The number of morpholine rings is 1. The molecule has 0 aromatic heterocycles. The molecule has 1 aliphatic carbocycles. The van der Waals surface area contributed by atoms with Crippen LogP contribution < -0.4 is 19.1 Å². The lowest BCUT2D eigenvalue weighted by molar-refractivity contribution is -0.179. The van der Waals surface area contributed by atoms with Crippen LogP contribution in [0.2, 0.25) is 0 Å². The number of imide groups is 1. The van der Waals surface area contributed by atoms with E-state index in [-0.39, 0.29) is 50.8 Å². The molecule has 1 saturated carbocycles. The summed E-state index contributed by atoms with van der Waals surface area (Å²) in [6, 6.07) is 31.4. The third-order valence-corrected chi connectivity index (χ3v) is 15.4. The highest BCUT2D eigenvalue weighted by atomic mass is 16.6. The predicted octanol–water partition coefficient (Wildman–Crippen LogP) is 7.55. The van der Waals surface area contributed by atoms with Gasteiger partial charge in [-0.05, 0) is 108 Å². The van der Waals surface area contributed by atoms with Crippen LogP contribution in [0.4, 0.5) is 10.5 Å². The number of esters is 1. The maximum atomic E-state index is 16.8. The first-order valence-corrected chi connectivity index (χ1v) is 25.4. The van der Waals surface area contributed by atoms with Crippen molar-refractivity contribution in [1.82, 2.24) is 9.80 Å². The van der Waals surface area contributed by atoms with E-state index in [2.05, 4.69) is 11.8 Å². The number of hydrogen-bond donors (Lipinski definition) is 2. The Bertz CT molecular complexity index is 2970. The number of methoxy groups -OCH3 is 3. The van der Waals surface area contributed by atoms with E-state index >= 15 is 14.4 Å². The minimum absolute atomic E-state index is 0.0356. The Balaban J connectivity index is 1.27. The predicted molar refractivity (Wildman–Crippen MR) is 272 cm³/mol. The van der Waals surface area contributed by atoms with Crippen molar-refractivity contribution in [3.63, 3.8) is 0 Å². The van der Waals surface area contributed by atoms with Crippen LogP contribution in [0.1, 0.15) is 95.7 Å². The topological polar surface area (TPSA) is 174 Å². The molecule has 4 aliphatic heterocycles. The monoisotopic (exact) mass is 1000 g/mol. The fraction of sp³-hybridized carbons (Fsp3) is 0.390. The number of anilines is 1. The van der Waals surface area contributed by atoms with Crippen LogP contribution in [0, 0.1) is 17.8 Å². The average molecular weight is 1000 g/mol. The summed E-state index contributed by atoms with van der Waals surface area (Å²) in [7, 11) is 4.58. The van der Waals surface area contributed by atoms with E-state index in [4.69, 9.17) is 28.4 Å². The highest BCUT2D eigenvalue weighted by molar-refractivity contribution is 6.23. The van der Waals surface area contributed by atoms with Crippen LogP contribution in [0.15, 0.2) is 115 Å². The SMILES string of the molecule is COCCOC(=O)N1C(=O)[C@@]2(c3cc(C#CC4(O)CCCCCC4)ccc31)[C@H](C(=O)N1CCc3cc(OC)c(OC)cc3C1)[C@H]1C(=O)O[C@H](c3ccccc3)[C@H](c3ccccc3)N1[C@@H]2c1cccc(OCCO)c1. The van der Waals surface area contributed by atoms with Crippen molar-refractivity contribution in [1.29, 1.82) is 0 Å². The zero-order valence-electron chi connectivity index (χ0n) is 41.9. The van der Waals surface area contributed by atoms with Crippen molar-refractivity contribution >= 4 is 29.6 Å². The Hall–Kier alpha value is -7.22. The number of nitrogens with zero attached hydrogens (tertiary/aromatic N) is 3. The van der Waals surface area contributed by atoms with Crippen molar-refractivity contribution in [3.8, 4) is 29.1 Å². The van der Waals surface area contributed by atoms with Crippen molar-refractivity contribution in [2.75, 3.05) is 59.2 Å². The first-order chi connectivity index (χ1) is 36.0. The molecule has 15 heteroatoms. The van der Waals surface area contributed by atoms with Gasteiger partial charge in [-0.3, -0.25) is 19.3 Å². The molecule has 5 aliphatic rings. The highest BCUT2D eigenvalue weighted by Crippen LogP contribution is 2.66. The molecule has 6 atom stereocenters. The Morgan fingerprint density at radius 1 is 0.757 bits per heavy atom. The fourth-order valence-electron chi connectivity index (χ4n) is 12.1. The smallest absolute Gasteiger partial charge is 0.421 e. The van der Waals surface area contributed by atoms with Crippen molar-refractivity contribution < 1.29 is 57.8 Å². The average Bonchev–Trinajstić information content (AvgIpc) is 3.86. The lowest BCUT2D eigenvalue weighted by Crippen LogP contribution is -2.57. The van der Waals surface area contributed by atoms with Gasteiger partial charge in [-0.25, -0.2) is 9.69 Å². The van der Waals surface area contributed by atoms with Gasteiger partial charge in [0.1, 0.15) is 42.1 Å². The fourth-order valence-corrected chi connectivity index (χ4v) is 12.1. The van der Waals surface area contributed by atoms with Gasteiger partial charge in [-0.1, -0.05) is 97.5 Å². The molecule has 1 spiro atoms. The number of carbonyl (C=O) groups excluding carboxylic acids is 4.